The van der Waals surface area contributed by atoms with Crippen LogP contribution in [0.4, 0.5) is 0 Å². The normalized spacial score (nSPS) is 22.5. The first-order valence-corrected chi connectivity index (χ1v) is 13.1. The summed E-state index contributed by atoms with van der Waals surface area (Å²) in [5.74, 6) is 0. The van der Waals surface area contributed by atoms with Crippen molar-refractivity contribution < 1.29 is 24.8 Å². The topological polar surface area (TPSA) is 79.2 Å². The molecule has 0 radical (unpaired) electrons. The molecule has 0 aromatic rings. The number of hydrogen-bond donors (Lipinski definition) is 3. The zero-order valence-corrected chi connectivity index (χ0v) is 20.1. The molecule has 0 aromatic carbocycles. The predicted octanol–water partition coefficient (Wildman–Crippen LogP) is 5.30. The van der Waals surface area contributed by atoms with E-state index in [1.54, 1.807) is 0 Å². The lowest BCUT2D eigenvalue weighted by atomic mass is 10.0. The quantitative estimate of drug-likeness (QED) is 0.166. The third kappa shape index (κ3) is 14.3. The molecular formula is C26H50O5. The van der Waals surface area contributed by atoms with Gasteiger partial charge in [-0.05, 0) is 12.8 Å². The summed E-state index contributed by atoms with van der Waals surface area (Å²) in [6.07, 6.45) is 22.6. The summed E-state index contributed by atoms with van der Waals surface area (Å²) in [5, 5.41) is 28.8. The molecule has 0 aliphatic carbocycles. The van der Waals surface area contributed by atoms with Gasteiger partial charge in [0, 0.05) is 0 Å². The highest BCUT2D eigenvalue weighted by atomic mass is 16.6. The van der Waals surface area contributed by atoms with Crippen LogP contribution < -0.4 is 0 Å². The van der Waals surface area contributed by atoms with Gasteiger partial charge in [-0.2, -0.15) is 0 Å². The first-order valence-electron chi connectivity index (χ1n) is 13.1. The molecule has 0 bridgehead atoms. The van der Waals surface area contributed by atoms with Crippen molar-refractivity contribution in [1.29, 1.82) is 0 Å². The predicted molar refractivity (Wildman–Crippen MR) is 127 cm³/mol. The van der Waals surface area contributed by atoms with Crippen LogP contribution >= 0.6 is 0 Å². The van der Waals surface area contributed by atoms with Gasteiger partial charge >= 0.3 is 0 Å². The maximum atomic E-state index is 9.83. The van der Waals surface area contributed by atoms with E-state index in [0.29, 0.717) is 6.61 Å². The molecule has 3 N–H and O–H groups in total. The van der Waals surface area contributed by atoms with Gasteiger partial charge in [0.15, 0.2) is 0 Å². The fraction of sp³-hybridized carbons (Fsp3) is 0.923. The third-order valence-electron chi connectivity index (χ3n) is 6.28. The van der Waals surface area contributed by atoms with Crippen molar-refractivity contribution in [3.8, 4) is 0 Å². The minimum absolute atomic E-state index is 0.0841. The molecule has 1 rings (SSSR count). The molecule has 31 heavy (non-hydrogen) atoms. The first kappa shape index (κ1) is 28.6. The van der Waals surface area contributed by atoms with Crippen LogP contribution in [0.25, 0.3) is 0 Å². The fourth-order valence-corrected chi connectivity index (χ4v) is 4.20. The van der Waals surface area contributed by atoms with Crippen LogP contribution in [-0.4, -0.2) is 59.6 Å². The minimum Gasteiger partial charge on any atom is -0.394 e. The zero-order valence-electron chi connectivity index (χ0n) is 20.1. The van der Waals surface area contributed by atoms with Gasteiger partial charge in [-0.15, -0.1) is 0 Å². The molecule has 1 fully saturated rings. The van der Waals surface area contributed by atoms with E-state index in [4.69, 9.17) is 9.47 Å². The fourth-order valence-electron chi connectivity index (χ4n) is 4.20. The van der Waals surface area contributed by atoms with Crippen LogP contribution in [0.2, 0.25) is 0 Å². The zero-order chi connectivity index (χ0) is 22.6. The highest BCUT2D eigenvalue weighted by Gasteiger charge is 2.40. The molecule has 1 aliphatic rings. The van der Waals surface area contributed by atoms with E-state index in [-0.39, 0.29) is 13.2 Å². The second kappa shape index (κ2) is 20.2. The summed E-state index contributed by atoms with van der Waals surface area (Å²) in [7, 11) is 0. The lowest BCUT2D eigenvalue weighted by molar-refractivity contribution is -0.0942. The Morgan fingerprint density at radius 1 is 0.806 bits per heavy atom. The molecule has 184 valence electrons. The van der Waals surface area contributed by atoms with E-state index in [2.05, 4.69) is 13.0 Å². The number of hydrogen-bond acceptors (Lipinski definition) is 5. The monoisotopic (exact) mass is 442 g/mol. The van der Waals surface area contributed by atoms with Crippen LogP contribution in [0.15, 0.2) is 12.2 Å². The molecule has 4 atom stereocenters. The number of allylic oxidation sites excluding steroid dienone is 1. The first-order chi connectivity index (χ1) is 15.2. The summed E-state index contributed by atoms with van der Waals surface area (Å²) in [6.45, 7) is 2.51. The molecule has 1 saturated heterocycles. The van der Waals surface area contributed by atoms with Gasteiger partial charge in [-0.3, -0.25) is 0 Å². The molecule has 0 saturated carbocycles. The largest absolute Gasteiger partial charge is 0.394 e. The SMILES string of the molecule is CCCCCCCCCCCCCCCCC/C=C/CO[C@H](CO)[C@H]1OC[C@H](O)[C@H]1O. The van der Waals surface area contributed by atoms with Crippen molar-refractivity contribution in [2.45, 2.75) is 134 Å². The Balaban J connectivity index is 1.83. The van der Waals surface area contributed by atoms with E-state index in [1.165, 1.54) is 96.3 Å². The van der Waals surface area contributed by atoms with Crippen molar-refractivity contribution in [1.82, 2.24) is 0 Å². The summed E-state index contributed by atoms with van der Waals surface area (Å²) in [6, 6.07) is 0. The van der Waals surface area contributed by atoms with Crippen LogP contribution in [0.3, 0.4) is 0 Å². The number of rotatable bonds is 21. The van der Waals surface area contributed by atoms with Crippen LogP contribution in [0.1, 0.15) is 110 Å². The number of aliphatic hydroxyl groups excluding tert-OH is 3. The third-order valence-corrected chi connectivity index (χ3v) is 6.28. The Hall–Kier alpha value is -0.460. The lowest BCUT2D eigenvalue weighted by Crippen LogP contribution is -2.42. The van der Waals surface area contributed by atoms with Gasteiger partial charge in [-0.25, -0.2) is 0 Å². The van der Waals surface area contributed by atoms with Crippen LogP contribution in [0.5, 0.6) is 0 Å². The lowest BCUT2D eigenvalue weighted by Gasteiger charge is -2.23. The maximum Gasteiger partial charge on any atom is 0.114 e. The Morgan fingerprint density at radius 2 is 1.32 bits per heavy atom. The van der Waals surface area contributed by atoms with Crippen molar-refractivity contribution in [2.24, 2.45) is 0 Å². The van der Waals surface area contributed by atoms with Crippen molar-refractivity contribution in [2.75, 3.05) is 19.8 Å². The average molecular weight is 443 g/mol. The molecular weight excluding hydrogens is 392 g/mol. The van der Waals surface area contributed by atoms with Crippen LogP contribution in [-0.2, 0) is 9.47 Å². The molecule has 1 heterocycles. The van der Waals surface area contributed by atoms with Crippen LogP contribution in [0, 0.1) is 0 Å². The maximum absolute atomic E-state index is 9.83. The van der Waals surface area contributed by atoms with Gasteiger partial charge in [0.1, 0.15) is 24.4 Å². The van der Waals surface area contributed by atoms with Crippen molar-refractivity contribution in [3.05, 3.63) is 12.2 Å². The number of aliphatic hydroxyl groups is 3. The van der Waals surface area contributed by atoms with E-state index in [0.717, 1.165) is 6.42 Å². The summed E-state index contributed by atoms with van der Waals surface area (Å²) in [5.41, 5.74) is 0. The Kier molecular flexibility index (Phi) is 18.6. The molecule has 0 unspecified atom stereocenters. The summed E-state index contributed by atoms with van der Waals surface area (Å²) in [4.78, 5) is 0. The van der Waals surface area contributed by atoms with E-state index < -0.39 is 24.4 Å². The van der Waals surface area contributed by atoms with Gasteiger partial charge in [0.2, 0.25) is 0 Å². The minimum atomic E-state index is -0.999. The van der Waals surface area contributed by atoms with Gasteiger partial charge in [-0.1, -0.05) is 109 Å². The van der Waals surface area contributed by atoms with E-state index in [9.17, 15) is 15.3 Å². The van der Waals surface area contributed by atoms with E-state index >= 15 is 0 Å². The molecule has 5 nitrogen and oxygen atoms in total. The number of ether oxygens (including phenoxy) is 2. The molecule has 1 aliphatic heterocycles. The smallest absolute Gasteiger partial charge is 0.114 e. The second-order valence-electron chi connectivity index (χ2n) is 9.12. The molecule has 0 aromatic heterocycles. The van der Waals surface area contributed by atoms with Gasteiger partial charge < -0.3 is 24.8 Å². The van der Waals surface area contributed by atoms with Gasteiger partial charge in [0.25, 0.3) is 0 Å². The second-order valence-corrected chi connectivity index (χ2v) is 9.12. The van der Waals surface area contributed by atoms with Crippen molar-refractivity contribution in [3.63, 3.8) is 0 Å². The average Bonchev–Trinajstić information content (AvgIpc) is 3.11. The molecule has 0 spiro atoms. The summed E-state index contributed by atoms with van der Waals surface area (Å²) >= 11 is 0. The molecule has 0 amide bonds. The highest BCUT2D eigenvalue weighted by Crippen LogP contribution is 2.19. The Labute approximate surface area is 191 Å². The van der Waals surface area contributed by atoms with Crippen molar-refractivity contribution >= 4 is 0 Å². The van der Waals surface area contributed by atoms with Gasteiger partial charge in [0.05, 0.1) is 19.8 Å². The number of unbranched alkanes of at least 4 members (excludes halogenated alkanes) is 15. The highest BCUT2D eigenvalue weighted by molar-refractivity contribution is 4.89. The standard InChI is InChI=1S/C26H50O5/c1-2-3-4-5-6-7-8-9-10-11-12-13-14-15-16-17-18-19-20-30-24(21-27)26-25(29)23(28)22-31-26/h18-19,23-29H,2-17,20-22H2,1H3/b19-18+/t23-,24+,25+,26+/m0/s1. The Bertz CT molecular complexity index is 415. The molecule has 5 heteroatoms. The Morgan fingerprint density at radius 3 is 1.77 bits per heavy atom. The van der Waals surface area contributed by atoms with E-state index in [1.807, 2.05) is 6.08 Å². The summed E-state index contributed by atoms with van der Waals surface area (Å²) < 4.78 is 10.9.